The molecule has 0 amide bonds. The number of rotatable bonds is 4. The first kappa shape index (κ1) is 17.8. The van der Waals surface area contributed by atoms with E-state index in [-0.39, 0.29) is 6.04 Å². The van der Waals surface area contributed by atoms with Gasteiger partial charge in [0.25, 0.3) is 0 Å². The first-order chi connectivity index (χ1) is 14.3. The Morgan fingerprint density at radius 2 is 1.72 bits per heavy atom. The zero-order valence-electron chi connectivity index (χ0n) is 16.7. The molecule has 1 aliphatic heterocycles. The fourth-order valence-corrected chi connectivity index (χ4v) is 4.37. The van der Waals surface area contributed by atoms with Crippen LogP contribution in [0.5, 0.6) is 11.5 Å². The minimum absolute atomic E-state index is 0.0516. The van der Waals surface area contributed by atoms with E-state index < -0.39 is 0 Å². The number of aromatic amines is 1. The molecule has 0 spiro atoms. The molecule has 0 saturated heterocycles. The summed E-state index contributed by atoms with van der Waals surface area (Å²) in [6.07, 6.45) is 0.986. The van der Waals surface area contributed by atoms with Gasteiger partial charge < -0.3 is 19.8 Å². The van der Waals surface area contributed by atoms with Gasteiger partial charge in [-0.1, -0.05) is 36.4 Å². The molecule has 4 nitrogen and oxygen atoms in total. The minimum Gasteiger partial charge on any atom is -0.497 e. The van der Waals surface area contributed by atoms with Crippen LogP contribution in [0.1, 0.15) is 22.9 Å². The van der Waals surface area contributed by atoms with Crippen molar-refractivity contribution in [3.63, 3.8) is 0 Å². The largest absolute Gasteiger partial charge is 0.497 e. The SMILES string of the molecule is COc1ccc2[nH]c3c(c2c1)CCNC3c1cc(-c2ccccc2)ccc1OC. The fraction of sp³-hybridized carbons (Fsp3) is 0.200. The van der Waals surface area contributed by atoms with Gasteiger partial charge in [-0.2, -0.15) is 0 Å². The number of methoxy groups -OCH3 is 2. The van der Waals surface area contributed by atoms with E-state index in [1.165, 1.54) is 27.8 Å². The molecular weight excluding hydrogens is 360 g/mol. The van der Waals surface area contributed by atoms with Crippen molar-refractivity contribution in [3.8, 4) is 22.6 Å². The lowest BCUT2D eigenvalue weighted by atomic mass is 9.91. The number of benzene rings is 3. The number of hydrogen-bond acceptors (Lipinski definition) is 3. The molecule has 3 aromatic carbocycles. The van der Waals surface area contributed by atoms with Gasteiger partial charge in [0.2, 0.25) is 0 Å². The van der Waals surface area contributed by atoms with Crippen LogP contribution >= 0.6 is 0 Å². The lowest BCUT2D eigenvalue weighted by Crippen LogP contribution is -2.30. The van der Waals surface area contributed by atoms with Crippen LogP contribution < -0.4 is 14.8 Å². The summed E-state index contributed by atoms with van der Waals surface area (Å²) in [5.41, 5.74) is 7.25. The molecule has 29 heavy (non-hydrogen) atoms. The molecule has 1 unspecified atom stereocenters. The lowest BCUT2D eigenvalue weighted by Gasteiger charge is -2.26. The zero-order chi connectivity index (χ0) is 19.8. The summed E-state index contributed by atoms with van der Waals surface area (Å²) in [7, 11) is 3.45. The Labute approximate surface area is 170 Å². The van der Waals surface area contributed by atoms with Crippen molar-refractivity contribution in [1.82, 2.24) is 10.3 Å². The van der Waals surface area contributed by atoms with Gasteiger partial charge in [-0.15, -0.1) is 0 Å². The second-order valence-corrected chi connectivity index (χ2v) is 7.39. The van der Waals surface area contributed by atoms with Gasteiger partial charge >= 0.3 is 0 Å². The minimum atomic E-state index is 0.0516. The van der Waals surface area contributed by atoms with Crippen LogP contribution in [0.25, 0.3) is 22.0 Å². The van der Waals surface area contributed by atoms with Crippen LogP contribution in [0, 0.1) is 0 Å². The first-order valence-corrected chi connectivity index (χ1v) is 9.93. The maximum atomic E-state index is 5.74. The molecule has 146 valence electrons. The average molecular weight is 384 g/mol. The Morgan fingerprint density at radius 3 is 2.52 bits per heavy atom. The number of fused-ring (bicyclic) bond motifs is 3. The third-order valence-electron chi connectivity index (χ3n) is 5.81. The third-order valence-corrected chi connectivity index (χ3v) is 5.81. The molecule has 1 aliphatic rings. The van der Waals surface area contributed by atoms with E-state index in [9.17, 15) is 0 Å². The van der Waals surface area contributed by atoms with E-state index in [0.29, 0.717) is 0 Å². The third kappa shape index (κ3) is 3.06. The van der Waals surface area contributed by atoms with Crippen molar-refractivity contribution >= 4 is 10.9 Å². The topological polar surface area (TPSA) is 46.3 Å². The van der Waals surface area contributed by atoms with Gasteiger partial charge in [0.05, 0.1) is 20.3 Å². The number of H-pyrrole nitrogens is 1. The molecule has 5 rings (SSSR count). The predicted octanol–water partition coefficient (Wildman–Crippen LogP) is 5.09. The highest BCUT2D eigenvalue weighted by atomic mass is 16.5. The Morgan fingerprint density at radius 1 is 0.862 bits per heavy atom. The normalized spacial score (nSPS) is 15.9. The quantitative estimate of drug-likeness (QED) is 0.515. The molecule has 1 atom stereocenters. The monoisotopic (exact) mass is 384 g/mol. The maximum absolute atomic E-state index is 5.74. The van der Waals surface area contributed by atoms with Gasteiger partial charge in [-0.05, 0) is 53.4 Å². The zero-order valence-corrected chi connectivity index (χ0v) is 16.7. The summed E-state index contributed by atoms with van der Waals surface area (Å²) in [6.45, 7) is 0.917. The van der Waals surface area contributed by atoms with Crippen LogP contribution in [0.15, 0.2) is 66.7 Å². The fourth-order valence-electron chi connectivity index (χ4n) is 4.37. The van der Waals surface area contributed by atoms with Crippen molar-refractivity contribution in [2.24, 2.45) is 0 Å². The molecule has 0 bridgehead atoms. The molecule has 0 radical (unpaired) electrons. The number of ether oxygens (including phenoxy) is 2. The first-order valence-electron chi connectivity index (χ1n) is 9.93. The Bertz CT molecular complexity index is 1160. The van der Waals surface area contributed by atoms with Crippen LogP contribution in [0.2, 0.25) is 0 Å². The van der Waals surface area contributed by atoms with Gasteiger partial charge in [-0.25, -0.2) is 0 Å². The van der Waals surface area contributed by atoms with E-state index in [0.717, 1.165) is 35.5 Å². The molecule has 2 N–H and O–H groups in total. The van der Waals surface area contributed by atoms with Gasteiger partial charge in [0.1, 0.15) is 11.5 Å². The van der Waals surface area contributed by atoms with E-state index in [4.69, 9.17) is 9.47 Å². The highest BCUT2D eigenvalue weighted by Gasteiger charge is 2.28. The van der Waals surface area contributed by atoms with Crippen molar-refractivity contribution in [2.45, 2.75) is 12.5 Å². The average Bonchev–Trinajstić information content (AvgIpc) is 3.17. The van der Waals surface area contributed by atoms with E-state index >= 15 is 0 Å². The van der Waals surface area contributed by atoms with Crippen LogP contribution in [0.3, 0.4) is 0 Å². The van der Waals surface area contributed by atoms with Crippen molar-refractivity contribution < 1.29 is 9.47 Å². The second-order valence-electron chi connectivity index (χ2n) is 7.39. The van der Waals surface area contributed by atoms with Crippen molar-refractivity contribution in [2.75, 3.05) is 20.8 Å². The molecule has 4 aromatic rings. The van der Waals surface area contributed by atoms with Crippen LogP contribution in [0.4, 0.5) is 0 Å². The molecule has 0 fully saturated rings. The van der Waals surface area contributed by atoms with Crippen LogP contribution in [-0.2, 0) is 6.42 Å². The second kappa shape index (κ2) is 7.30. The lowest BCUT2D eigenvalue weighted by molar-refractivity contribution is 0.402. The van der Waals surface area contributed by atoms with Gasteiger partial charge in [0, 0.05) is 28.7 Å². The Balaban J connectivity index is 1.65. The number of aromatic nitrogens is 1. The highest BCUT2D eigenvalue weighted by Crippen LogP contribution is 2.39. The molecule has 0 aliphatic carbocycles. The van der Waals surface area contributed by atoms with Crippen molar-refractivity contribution in [1.29, 1.82) is 0 Å². The standard InChI is InChI=1S/C25H24N2O2/c1-28-18-9-10-22-20(15-18)19-12-13-26-24(25(19)27-22)21-14-17(8-11-23(21)29-2)16-6-4-3-5-7-16/h3-11,14-15,24,26-27H,12-13H2,1-2H3. The summed E-state index contributed by atoms with van der Waals surface area (Å²) in [5.74, 6) is 1.78. The molecule has 1 aromatic heterocycles. The van der Waals surface area contributed by atoms with E-state index in [1.54, 1.807) is 14.2 Å². The Kier molecular flexibility index (Phi) is 4.49. The summed E-state index contributed by atoms with van der Waals surface area (Å²) < 4.78 is 11.2. The predicted molar refractivity (Wildman–Crippen MR) is 117 cm³/mol. The molecular formula is C25H24N2O2. The van der Waals surface area contributed by atoms with E-state index in [1.807, 2.05) is 12.1 Å². The van der Waals surface area contributed by atoms with Crippen LogP contribution in [-0.4, -0.2) is 25.7 Å². The summed E-state index contributed by atoms with van der Waals surface area (Å²) in [4.78, 5) is 3.65. The number of hydrogen-bond donors (Lipinski definition) is 2. The Hall–Kier alpha value is -3.24. The van der Waals surface area contributed by atoms with E-state index in [2.05, 4.69) is 64.9 Å². The summed E-state index contributed by atoms with van der Waals surface area (Å²) >= 11 is 0. The number of nitrogens with one attached hydrogen (secondary N) is 2. The molecule has 0 saturated carbocycles. The summed E-state index contributed by atoms with van der Waals surface area (Å²) in [5, 5.41) is 4.93. The van der Waals surface area contributed by atoms with Gasteiger partial charge in [-0.3, -0.25) is 0 Å². The maximum Gasteiger partial charge on any atom is 0.124 e. The van der Waals surface area contributed by atoms with Gasteiger partial charge in [0.15, 0.2) is 0 Å². The highest BCUT2D eigenvalue weighted by molar-refractivity contribution is 5.87. The smallest absolute Gasteiger partial charge is 0.124 e. The summed E-state index contributed by atoms with van der Waals surface area (Å²) in [6, 6.07) is 23.2. The van der Waals surface area contributed by atoms with Crippen molar-refractivity contribution in [3.05, 3.63) is 83.6 Å². The molecule has 2 heterocycles. The molecule has 4 heteroatoms.